The van der Waals surface area contributed by atoms with E-state index in [4.69, 9.17) is 11.6 Å². The van der Waals surface area contributed by atoms with Gasteiger partial charge in [0.15, 0.2) is 0 Å². The Kier molecular flexibility index (Phi) is 2.92. The Bertz CT molecular complexity index is 631. The fourth-order valence-corrected chi connectivity index (χ4v) is 2.93. The van der Waals surface area contributed by atoms with E-state index in [0.717, 1.165) is 37.1 Å². The number of nitrogens with one attached hydrogen (secondary N) is 1. The maximum atomic E-state index is 12.1. The van der Waals surface area contributed by atoms with E-state index >= 15 is 0 Å². The Morgan fingerprint density at radius 2 is 2.33 bits per heavy atom. The number of imidazole rings is 1. The number of aromatic nitrogens is 2. The van der Waals surface area contributed by atoms with Crippen LogP contribution in [0.4, 0.5) is 0 Å². The minimum Gasteiger partial charge on any atom is -0.306 e. The molecule has 0 radical (unpaired) electrons. The smallest absolute Gasteiger partial charge is 0.306 e. The van der Waals surface area contributed by atoms with Crippen molar-refractivity contribution in [3.63, 3.8) is 0 Å². The quantitative estimate of drug-likeness (QED) is 0.905. The molecule has 4 nitrogen and oxygen atoms in total. The molecular weight excluding hydrogens is 250 g/mol. The van der Waals surface area contributed by atoms with E-state index in [2.05, 4.69) is 16.8 Å². The van der Waals surface area contributed by atoms with E-state index in [9.17, 15) is 4.79 Å². The van der Waals surface area contributed by atoms with Gasteiger partial charge in [-0.1, -0.05) is 18.5 Å². The third-order valence-corrected chi connectivity index (χ3v) is 3.97. The molecule has 2 aromatic rings. The zero-order valence-corrected chi connectivity index (χ0v) is 11.1. The lowest BCUT2D eigenvalue weighted by Crippen LogP contribution is -2.26. The van der Waals surface area contributed by atoms with Crippen LogP contribution in [0.2, 0.25) is 5.02 Å². The monoisotopic (exact) mass is 265 g/mol. The highest BCUT2D eigenvalue weighted by Crippen LogP contribution is 2.25. The molecule has 1 aromatic heterocycles. The first-order chi connectivity index (χ1) is 8.69. The molecule has 2 heterocycles. The third kappa shape index (κ3) is 1.85. The molecule has 5 heteroatoms. The van der Waals surface area contributed by atoms with E-state index < -0.39 is 0 Å². The van der Waals surface area contributed by atoms with Gasteiger partial charge in [-0.2, -0.15) is 0 Å². The summed E-state index contributed by atoms with van der Waals surface area (Å²) in [5.74, 6) is 0. The average molecular weight is 266 g/mol. The van der Waals surface area contributed by atoms with Crippen molar-refractivity contribution in [2.45, 2.75) is 19.4 Å². The van der Waals surface area contributed by atoms with Crippen molar-refractivity contribution >= 4 is 22.6 Å². The summed E-state index contributed by atoms with van der Waals surface area (Å²) in [6.45, 7) is 5.18. The molecule has 1 aliphatic rings. The Hall–Kier alpha value is -1.26. The number of likely N-dealkylation sites (tertiary alicyclic amines) is 1. The van der Waals surface area contributed by atoms with E-state index in [1.807, 2.05) is 16.7 Å². The summed E-state index contributed by atoms with van der Waals surface area (Å²) in [6.07, 6.45) is 1.02. The second-order valence-corrected chi connectivity index (χ2v) is 5.23. The molecule has 18 heavy (non-hydrogen) atoms. The van der Waals surface area contributed by atoms with Gasteiger partial charge in [0.05, 0.1) is 17.1 Å². The molecule has 1 saturated heterocycles. The van der Waals surface area contributed by atoms with E-state index in [0.29, 0.717) is 5.02 Å². The molecule has 0 bridgehead atoms. The fraction of sp³-hybridized carbons (Fsp3) is 0.462. The molecule has 1 aromatic carbocycles. The number of rotatable bonds is 2. The standard InChI is InChI=1S/C13H16ClN3O/c1-2-16-6-5-10(8-16)17-12-7-9(14)3-4-11(12)15-13(17)18/h3-4,7,10H,2,5-6,8H2,1H3,(H,15,18). The van der Waals surface area contributed by atoms with Gasteiger partial charge in [-0.3, -0.25) is 4.57 Å². The third-order valence-electron chi connectivity index (χ3n) is 3.74. The minimum absolute atomic E-state index is 0.0322. The lowest BCUT2D eigenvalue weighted by Gasteiger charge is -2.14. The number of halogens is 1. The van der Waals surface area contributed by atoms with Crippen LogP contribution in [0.25, 0.3) is 11.0 Å². The molecule has 1 fully saturated rings. The van der Waals surface area contributed by atoms with Crippen molar-refractivity contribution in [2.75, 3.05) is 19.6 Å². The van der Waals surface area contributed by atoms with Gasteiger partial charge in [0.25, 0.3) is 0 Å². The van der Waals surface area contributed by atoms with Crippen LogP contribution in [-0.2, 0) is 0 Å². The van der Waals surface area contributed by atoms with Crippen molar-refractivity contribution in [3.8, 4) is 0 Å². The van der Waals surface area contributed by atoms with Gasteiger partial charge in [0.1, 0.15) is 0 Å². The van der Waals surface area contributed by atoms with Crippen LogP contribution in [0.5, 0.6) is 0 Å². The van der Waals surface area contributed by atoms with Crippen LogP contribution < -0.4 is 5.69 Å². The number of hydrogen-bond acceptors (Lipinski definition) is 2. The molecule has 0 saturated carbocycles. The lowest BCUT2D eigenvalue weighted by atomic mass is 10.2. The number of hydrogen-bond donors (Lipinski definition) is 1. The van der Waals surface area contributed by atoms with E-state index in [1.165, 1.54) is 0 Å². The molecule has 1 unspecified atom stereocenters. The van der Waals surface area contributed by atoms with Crippen molar-refractivity contribution in [3.05, 3.63) is 33.7 Å². The molecule has 1 atom stereocenters. The van der Waals surface area contributed by atoms with Gasteiger partial charge in [-0.15, -0.1) is 0 Å². The van der Waals surface area contributed by atoms with Gasteiger partial charge in [0.2, 0.25) is 0 Å². The summed E-state index contributed by atoms with van der Waals surface area (Å²) < 4.78 is 1.86. The van der Waals surface area contributed by atoms with Crippen LogP contribution in [0.3, 0.4) is 0 Å². The topological polar surface area (TPSA) is 41.0 Å². The first-order valence-electron chi connectivity index (χ1n) is 6.31. The SMILES string of the molecule is CCN1CCC(n2c(=O)[nH]c3ccc(Cl)cc32)C1. The Balaban J connectivity index is 2.08. The summed E-state index contributed by atoms with van der Waals surface area (Å²) in [7, 11) is 0. The fourth-order valence-electron chi connectivity index (χ4n) is 2.77. The van der Waals surface area contributed by atoms with Crippen LogP contribution >= 0.6 is 11.6 Å². The van der Waals surface area contributed by atoms with Gasteiger partial charge in [0, 0.05) is 18.1 Å². The Morgan fingerprint density at radius 1 is 1.50 bits per heavy atom. The predicted molar refractivity (Wildman–Crippen MR) is 73.3 cm³/mol. The van der Waals surface area contributed by atoms with E-state index in [1.54, 1.807) is 6.07 Å². The zero-order chi connectivity index (χ0) is 12.7. The maximum absolute atomic E-state index is 12.1. The minimum atomic E-state index is -0.0322. The summed E-state index contributed by atoms with van der Waals surface area (Å²) in [5, 5.41) is 0.667. The largest absolute Gasteiger partial charge is 0.326 e. The van der Waals surface area contributed by atoms with Crippen molar-refractivity contribution < 1.29 is 0 Å². The van der Waals surface area contributed by atoms with Crippen LogP contribution in [0, 0.1) is 0 Å². The van der Waals surface area contributed by atoms with Gasteiger partial charge >= 0.3 is 5.69 Å². The number of fused-ring (bicyclic) bond motifs is 1. The molecule has 1 N–H and O–H groups in total. The number of nitrogens with zero attached hydrogens (tertiary/aromatic N) is 2. The molecule has 0 spiro atoms. The molecule has 0 amide bonds. The maximum Gasteiger partial charge on any atom is 0.326 e. The molecule has 0 aliphatic carbocycles. The number of aromatic amines is 1. The highest BCUT2D eigenvalue weighted by atomic mass is 35.5. The summed E-state index contributed by atoms with van der Waals surface area (Å²) >= 11 is 6.02. The second kappa shape index (κ2) is 4.44. The van der Waals surface area contributed by atoms with Gasteiger partial charge < -0.3 is 9.88 Å². The zero-order valence-electron chi connectivity index (χ0n) is 10.3. The number of H-pyrrole nitrogens is 1. The van der Waals surface area contributed by atoms with Crippen LogP contribution in [-0.4, -0.2) is 34.1 Å². The second-order valence-electron chi connectivity index (χ2n) is 4.80. The highest BCUT2D eigenvalue weighted by molar-refractivity contribution is 6.31. The number of benzene rings is 1. The normalized spacial score (nSPS) is 20.9. The Labute approximate surface area is 110 Å². The molecule has 1 aliphatic heterocycles. The first-order valence-corrected chi connectivity index (χ1v) is 6.69. The first kappa shape index (κ1) is 11.8. The molecule has 3 rings (SSSR count). The van der Waals surface area contributed by atoms with E-state index in [-0.39, 0.29) is 11.7 Å². The Morgan fingerprint density at radius 3 is 3.06 bits per heavy atom. The molecular formula is C13H16ClN3O. The van der Waals surface area contributed by atoms with Gasteiger partial charge in [-0.05, 0) is 31.2 Å². The number of likely N-dealkylation sites (N-methyl/N-ethyl adjacent to an activating group) is 1. The van der Waals surface area contributed by atoms with Crippen molar-refractivity contribution in [1.29, 1.82) is 0 Å². The molecule has 96 valence electrons. The highest BCUT2D eigenvalue weighted by Gasteiger charge is 2.25. The van der Waals surface area contributed by atoms with Crippen LogP contribution in [0.15, 0.2) is 23.0 Å². The van der Waals surface area contributed by atoms with Crippen molar-refractivity contribution in [1.82, 2.24) is 14.5 Å². The van der Waals surface area contributed by atoms with Gasteiger partial charge in [-0.25, -0.2) is 4.79 Å². The average Bonchev–Trinajstić information content (AvgIpc) is 2.92. The van der Waals surface area contributed by atoms with Crippen LogP contribution in [0.1, 0.15) is 19.4 Å². The van der Waals surface area contributed by atoms with Crippen molar-refractivity contribution in [2.24, 2.45) is 0 Å². The predicted octanol–water partition coefficient (Wildman–Crippen LogP) is 2.25. The lowest BCUT2D eigenvalue weighted by molar-refractivity contribution is 0.341. The summed E-state index contributed by atoms with van der Waals surface area (Å²) in [5.41, 5.74) is 1.74. The summed E-state index contributed by atoms with van der Waals surface area (Å²) in [4.78, 5) is 17.3. The summed E-state index contributed by atoms with van der Waals surface area (Å²) in [6, 6.07) is 5.78.